The van der Waals surface area contributed by atoms with Crippen LogP contribution in [0.2, 0.25) is 0 Å². The predicted molar refractivity (Wildman–Crippen MR) is 151 cm³/mol. The van der Waals surface area contributed by atoms with Gasteiger partial charge in [-0.15, -0.1) is 13.2 Å². The van der Waals surface area contributed by atoms with Crippen LogP contribution in [0.15, 0.2) is 13.2 Å². The third-order valence-electron chi connectivity index (χ3n) is 6.28. The summed E-state index contributed by atoms with van der Waals surface area (Å²) in [6.45, 7) is 12.6. The zero-order valence-corrected chi connectivity index (χ0v) is 22.2. The molecule has 0 aliphatic rings. The number of hydrogen-bond acceptors (Lipinski definition) is 1. The van der Waals surface area contributed by atoms with Gasteiger partial charge >= 0.3 is 29.6 Å². The normalized spacial score (nSPS) is 10.4. The van der Waals surface area contributed by atoms with Gasteiger partial charge in [-0.05, 0) is 12.8 Å². The van der Waals surface area contributed by atoms with E-state index in [1.807, 2.05) is 0 Å². The van der Waals surface area contributed by atoms with Crippen LogP contribution in [0.4, 0.5) is 0 Å². The first-order chi connectivity index (χ1) is 15.4. The van der Waals surface area contributed by atoms with Gasteiger partial charge in [0.2, 0.25) is 0 Å². The van der Waals surface area contributed by atoms with E-state index in [-0.39, 0.29) is 29.6 Å². The van der Waals surface area contributed by atoms with Gasteiger partial charge in [0.25, 0.3) is 0 Å². The Hall–Kier alpha value is 0.700. The summed E-state index contributed by atoms with van der Waals surface area (Å²) in [5, 5.41) is 0. The Morgan fingerprint density at radius 1 is 0.344 bits per heavy atom. The van der Waals surface area contributed by atoms with Crippen LogP contribution in [0.5, 0.6) is 0 Å². The molecule has 0 aliphatic carbocycles. The zero-order chi connectivity index (χ0) is 23.1. The second-order valence-electron chi connectivity index (χ2n) is 9.39. The van der Waals surface area contributed by atoms with E-state index in [0.29, 0.717) is 0 Å². The molecule has 2 heteroatoms. The van der Waals surface area contributed by atoms with Crippen LogP contribution in [0, 0.1) is 0 Å². The van der Waals surface area contributed by atoms with E-state index in [4.69, 9.17) is 4.74 Å². The molecule has 0 aromatic carbocycles. The zero-order valence-electron chi connectivity index (χ0n) is 22.2. The van der Waals surface area contributed by atoms with Crippen molar-refractivity contribution >= 4 is 29.6 Å². The maximum absolute atomic E-state index is 5.82. The molecule has 32 heavy (non-hydrogen) atoms. The van der Waals surface area contributed by atoms with Crippen LogP contribution in [0.1, 0.15) is 168 Å². The molecule has 0 aromatic heterocycles. The van der Waals surface area contributed by atoms with Gasteiger partial charge in [-0.1, -0.05) is 155 Å². The van der Waals surface area contributed by atoms with Gasteiger partial charge in [0.15, 0.2) is 0 Å². The molecule has 0 N–H and O–H groups in total. The summed E-state index contributed by atoms with van der Waals surface area (Å²) in [6, 6.07) is 0. The van der Waals surface area contributed by atoms with Gasteiger partial charge in [0.05, 0.1) is 0 Å². The topological polar surface area (TPSA) is 9.23 Å². The molecule has 0 aliphatic heterocycles. The van der Waals surface area contributed by atoms with Crippen molar-refractivity contribution in [1.29, 1.82) is 0 Å². The number of hydrogen-bond donors (Lipinski definition) is 0. The molecule has 0 fully saturated rings. The summed E-state index contributed by atoms with van der Waals surface area (Å²) < 4.78 is 5.82. The summed E-state index contributed by atoms with van der Waals surface area (Å²) in [6.07, 6.45) is 34.1. The molecule has 0 saturated carbocycles. The Morgan fingerprint density at radius 3 is 0.750 bits per heavy atom. The summed E-state index contributed by atoms with van der Waals surface area (Å²) in [5.41, 5.74) is 0. The van der Waals surface area contributed by atoms with Crippen molar-refractivity contribution < 1.29 is 4.74 Å². The van der Waals surface area contributed by atoms with E-state index in [1.165, 1.54) is 154 Å². The second kappa shape index (κ2) is 38.9. The minimum atomic E-state index is 0. The molecule has 0 amide bonds. The molecule has 1 nitrogen and oxygen atoms in total. The molecule has 0 spiro atoms. The Bertz CT molecular complexity index is 256. The first kappa shape index (κ1) is 37.3. The fraction of sp³-hybridized carbons (Fsp3) is 0.933. The molecule has 0 aromatic rings. The van der Waals surface area contributed by atoms with E-state index in [0.717, 1.165) is 13.2 Å². The van der Waals surface area contributed by atoms with Crippen LogP contribution in [-0.2, 0) is 4.74 Å². The molecule has 0 heterocycles. The van der Waals surface area contributed by atoms with Crippen molar-refractivity contribution in [1.82, 2.24) is 0 Å². The average molecular weight is 463 g/mol. The minimum absolute atomic E-state index is 0. The third-order valence-corrected chi connectivity index (χ3v) is 6.28. The van der Waals surface area contributed by atoms with E-state index in [9.17, 15) is 0 Å². The first-order valence-electron chi connectivity index (χ1n) is 14.5. The summed E-state index contributed by atoms with van der Waals surface area (Å²) in [7, 11) is 0. The monoisotopic (exact) mass is 462 g/mol. The van der Waals surface area contributed by atoms with Crippen LogP contribution in [-0.4, -0.2) is 42.8 Å². The van der Waals surface area contributed by atoms with Crippen LogP contribution in [0.25, 0.3) is 0 Å². The first-order valence-corrected chi connectivity index (χ1v) is 14.5. The van der Waals surface area contributed by atoms with E-state index < -0.39 is 0 Å². The average Bonchev–Trinajstić information content (AvgIpc) is 2.80. The fourth-order valence-corrected chi connectivity index (χ4v) is 4.19. The van der Waals surface area contributed by atoms with Gasteiger partial charge in [0, 0.05) is 13.2 Å². The van der Waals surface area contributed by atoms with Crippen LogP contribution < -0.4 is 0 Å². The van der Waals surface area contributed by atoms with Gasteiger partial charge in [-0.2, -0.15) is 0 Å². The standard InChI is InChI=1S/C28H58O.C2H4.Na.H/c1-3-5-7-9-11-13-15-17-19-21-23-25-27-29-28-26-24-22-20-18-16-14-12-10-8-6-4-2;1-2;;/h3-28H2,1-2H3;1-2H2;;. The second-order valence-corrected chi connectivity index (χ2v) is 9.39. The Kier molecular flexibility index (Phi) is 45.3. The summed E-state index contributed by atoms with van der Waals surface area (Å²) in [5.74, 6) is 0. The number of rotatable bonds is 26. The molecule has 0 bridgehead atoms. The summed E-state index contributed by atoms with van der Waals surface area (Å²) in [4.78, 5) is 0. The quantitative estimate of drug-likeness (QED) is 0.0705. The van der Waals surface area contributed by atoms with E-state index >= 15 is 0 Å². The molecule has 190 valence electrons. The third kappa shape index (κ3) is 38.0. The Balaban J connectivity index is -0.00000272. The van der Waals surface area contributed by atoms with Crippen molar-refractivity contribution in [3.8, 4) is 0 Å². The number of ether oxygens (including phenoxy) is 1. The van der Waals surface area contributed by atoms with Gasteiger partial charge in [-0.25, -0.2) is 0 Å². The van der Waals surface area contributed by atoms with E-state index in [2.05, 4.69) is 27.0 Å². The van der Waals surface area contributed by atoms with Gasteiger partial charge < -0.3 is 4.74 Å². The van der Waals surface area contributed by atoms with Crippen molar-refractivity contribution in [3.05, 3.63) is 13.2 Å². The van der Waals surface area contributed by atoms with Gasteiger partial charge in [0.1, 0.15) is 0 Å². The molecule has 0 atom stereocenters. The van der Waals surface area contributed by atoms with Crippen molar-refractivity contribution in [3.63, 3.8) is 0 Å². The SMILES string of the molecule is C=C.CCCCCCCCCCCCCCOCCCCCCCCCCCCCC.[NaH]. The van der Waals surface area contributed by atoms with Crippen LogP contribution >= 0.6 is 0 Å². The summed E-state index contributed by atoms with van der Waals surface area (Å²) >= 11 is 0. The fourth-order valence-electron chi connectivity index (χ4n) is 4.19. The molecule has 0 unspecified atom stereocenters. The van der Waals surface area contributed by atoms with Gasteiger partial charge in [-0.3, -0.25) is 0 Å². The molecular formula is C30H63NaO. The van der Waals surface area contributed by atoms with Crippen molar-refractivity contribution in [2.45, 2.75) is 168 Å². The molecular weight excluding hydrogens is 399 g/mol. The van der Waals surface area contributed by atoms with Crippen molar-refractivity contribution in [2.24, 2.45) is 0 Å². The van der Waals surface area contributed by atoms with E-state index in [1.54, 1.807) is 0 Å². The predicted octanol–water partition coefficient (Wildman–Crippen LogP) is 10.6. The van der Waals surface area contributed by atoms with Crippen molar-refractivity contribution in [2.75, 3.05) is 13.2 Å². The Morgan fingerprint density at radius 2 is 0.531 bits per heavy atom. The number of unbranched alkanes of at least 4 members (excludes halogenated alkanes) is 22. The molecule has 0 rings (SSSR count). The maximum atomic E-state index is 5.82. The van der Waals surface area contributed by atoms with Crippen LogP contribution in [0.3, 0.4) is 0 Å². The molecule has 0 radical (unpaired) electrons. The molecule has 0 saturated heterocycles. The Labute approximate surface area is 227 Å².